The average molecular weight is 176 g/mol. The molecule has 0 aromatic heterocycles. The van der Waals surface area contributed by atoms with Crippen molar-refractivity contribution in [2.75, 3.05) is 0 Å². The van der Waals surface area contributed by atoms with E-state index in [0.717, 1.165) is 0 Å². The highest BCUT2D eigenvalue weighted by Crippen LogP contribution is 1.97. The SMILES string of the molecule is Cl.NCc1ccccc1P. The van der Waals surface area contributed by atoms with E-state index in [9.17, 15) is 0 Å². The molecule has 10 heavy (non-hydrogen) atoms. The van der Waals surface area contributed by atoms with Crippen LogP contribution in [-0.2, 0) is 6.54 Å². The van der Waals surface area contributed by atoms with E-state index in [1.54, 1.807) is 0 Å². The monoisotopic (exact) mass is 175 g/mol. The Morgan fingerprint density at radius 2 is 1.90 bits per heavy atom. The van der Waals surface area contributed by atoms with Gasteiger partial charge in [0.1, 0.15) is 0 Å². The second-order valence-electron chi connectivity index (χ2n) is 1.90. The van der Waals surface area contributed by atoms with Gasteiger partial charge in [-0.1, -0.05) is 24.3 Å². The van der Waals surface area contributed by atoms with Crippen LogP contribution in [0.3, 0.4) is 0 Å². The van der Waals surface area contributed by atoms with Crippen molar-refractivity contribution < 1.29 is 0 Å². The lowest BCUT2D eigenvalue weighted by atomic mass is 10.2. The van der Waals surface area contributed by atoms with Gasteiger partial charge in [-0.2, -0.15) is 0 Å². The summed E-state index contributed by atoms with van der Waals surface area (Å²) in [7, 11) is 2.65. The van der Waals surface area contributed by atoms with Gasteiger partial charge in [0.2, 0.25) is 0 Å². The molecule has 0 fully saturated rings. The van der Waals surface area contributed by atoms with Gasteiger partial charge in [-0.15, -0.1) is 21.6 Å². The summed E-state index contributed by atoms with van der Waals surface area (Å²) >= 11 is 0. The fraction of sp³-hybridized carbons (Fsp3) is 0.143. The third-order valence-electron chi connectivity index (χ3n) is 1.28. The largest absolute Gasteiger partial charge is 0.326 e. The van der Waals surface area contributed by atoms with E-state index >= 15 is 0 Å². The Labute approximate surface area is 69.6 Å². The maximum absolute atomic E-state index is 5.44. The van der Waals surface area contributed by atoms with Gasteiger partial charge in [-0.05, 0) is 10.9 Å². The molecule has 1 atom stereocenters. The summed E-state index contributed by atoms with van der Waals surface area (Å²) in [6, 6.07) is 8.06. The minimum Gasteiger partial charge on any atom is -0.326 e. The van der Waals surface area contributed by atoms with E-state index in [0.29, 0.717) is 6.54 Å². The molecule has 1 aromatic carbocycles. The van der Waals surface area contributed by atoms with Crippen LogP contribution in [0.4, 0.5) is 0 Å². The van der Waals surface area contributed by atoms with E-state index in [1.165, 1.54) is 10.9 Å². The number of halogens is 1. The topological polar surface area (TPSA) is 26.0 Å². The molecule has 3 heteroatoms. The highest BCUT2D eigenvalue weighted by Gasteiger charge is 1.89. The molecule has 0 amide bonds. The van der Waals surface area contributed by atoms with E-state index < -0.39 is 0 Å². The normalized spacial score (nSPS) is 8.60. The van der Waals surface area contributed by atoms with Gasteiger partial charge in [-0.3, -0.25) is 0 Å². The molecule has 0 aliphatic carbocycles. The Balaban J connectivity index is 0.000000810. The maximum Gasteiger partial charge on any atom is 0.0184 e. The summed E-state index contributed by atoms with van der Waals surface area (Å²) < 4.78 is 0. The number of nitrogens with two attached hydrogens (primary N) is 1. The van der Waals surface area contributed by atoms with E-state index in [2.05, 4.69) is 9.24 Å². The third-order valence-corrected chi connectivity index (χ3v) is 1.84. The number of rotatable bonds is 1. The average Bonchev–Trinajstić information content (AvgIpc) is 1.89. The van der Waals surface area contributed by atoms with Crippen LogP contribution < -0.4 is 11.0 Å². The molecule has 0 heterocycles. The van der Waals surface area contributed by atoms with E-state index in [-0.39, 0.29) is 12.4 Å². The Morgan fingerprint density at radius 3 is 2.30 bits per heavy atom. The summed E-state index contributed by atoms with van der Waals surface area (Å²) in [5.41, 5.74) is 6.63. The molecule has 2 N–H and O–H groups in total. The molecule has 0 aliphatic rings. The van der Waals surface area contributed by atoms with Crippen LogP contribution in [0, 0.1) is 0 Å². The fourth-order valence-electron chi connectivity index (χ4n) is 0.720. The fourth-order valence-corrected chi connectivity index (χ4v) is 1.05. The molecule has 0 aliphatic heterocycles. The maximum atomic E-state index is 5.44. The van der Waals surface area contributed by atoms with Crippen LogP contribution in [0.5, 0.6) is 0 Å². The van der Waals surface area contributed by atoms with Gasteiger partial charge in [0.25, 0.3) is 0 Å². The molecule has 0 saturated carbocycles. The Hall–Kier alpha value is -0.100. The number of hydrogen-bond acceptors (Lipinski definition) is 1. The first-order valence-corrected chi connectivity index (χ1v) is 3.46. The van der Waals surface area contributed by atoms with E-state index in [1.807, 2.05) is 24.3 Å². The van der Waals surface area contributed by atoms with Crippen LogP contribution in [0.25, 0.3) is 0 Å². The zero-order valence-corrected chi connectivity index (χ0v) is 7.55. The molecule has 0 bridgehead atoms. The molecule has 0 radical (unpaired) electrons. The van der Waals surface area contributed by atoms with Crippen molar-refractivity contribution in [1.29, 1.82) is 0 Å². The lowest BCUT2D eigenvalue weighted by Crippen LogP contribution is -2.06. The predicted molar refractivity (Wildman–Crippen MR) is 50.9 cm³/mol. The lowest BCUT2D eigenvalue weighted by molar-refractivity contribution is 1.08. The van der Waals surface area contributed by atoms with Gasteiger partial charge in [0.05, 0.1) is 0 Å². The van der Waals surface area contributed by atoms with Crippen molar-refractivity contribution >= 4 is 27.0 Å². The van der Waals surface area contributed by atoms with Crippen molar-refractivity contribution in [2.24, 2.45) is 5.73 Å². The Bertz CT molecular complexity index is 203. The van der Waals surface area contributed by atoms with Crippen molar-refractivity contribution in [3.05, 3.63) is 29.8 Å². The molecule has 1 aromatic rings. The Kier molecular flexibility index (Phi) is 4.63. The first-order valence-electron chi connectivity index (χ1n) is 2.88. The third kappa shape index (κ3) is 2.26. The molecule has 0 spiro atoms. The molecule has 0 saturated heterocycles. The molecule has 1 nitrogen and oxygen atoms in total. The predicted octanol–water partition coefficient (Wildman–Crippen LogP) is 1.07. The van der Waals surface area contributed by atoms with Gasteiger partial charge in [-0.25, -0.2) is 0 Å². The number of benzene rings is 1. The molecular formula is C7H11ClNP. The van der Waals surface area contributed by atoms with Gasteiger partial charge in [0.15, 0.2) is 0 Å². The van der Waals surface area contributed by atoms with Crippen LogP contribution in [-0.4, -0.2) is 0 Å². The highest BCUT2D eigenvalue weighted by molar-refractivity contribution is 7.27. The van der Waals surface area contributed by atoms with Crippen molar-refractivity contribution in [3.8, 4) is 0 Å². The smallest absolute Gasteiger partial charge is 0.0184 e. The van der Waals surface area contributed by atoms with Crippen molar-refractivity contribution in [3.63, 3.8) is 0 Å². The molecule has 1 unspecified atom stereocenters. The zero-order valence-electron chi connectivity index (χ0n) is 5.58. The Morgan fingerprint density at radius 1 is 1.30 bits per heavy atom. The summed E-state index contributed by atoms with van der Waals surface area (Å²) in [5, 5.41) is 1.19. The second kappa shape index (κ2) is 4.68. The summed E-state index contributed by atoms with van der Waals surface area (Å²) in [4.78, 5) is 0. The standard InChI is InChI=1S/C7H10NP.ClH/c8-5-6-3-1-2-4-7(6)9;/h1-4H,5,8-9H2;1H. The van der Waals surface area contributed by atoms with Gasteiger partial charge in [0, 0.05) is 6.54 Å². The van der Waals surface area contributed by atoms with Gasteiger partial charge >= 0.3 is 0 Å². The van der Waals surface area contributed by atoms with Crippen molar-refractivity contribution in [1.82, 2.24) is 0 Å². The second-order valence-corrected chi connectivity index (χ2v) is 2.52. The summed E-state index contributed by atoms with van der Waals surface area (Å²) in [6.07, 6.45) is 0. The lowest BCUT2D eigenvalue weighted by Gasteiger charge is -1.98. The molecular weight excluding hydrogens is 165 g/mol. The quantitative estimate of drug-likeness (QED) is 0.635. The molecule has 56 valence electrons. The summed E-state index contributed by atoms with van der Waals surface area (Å²) in [6.45, 7) is 0.625. The summed E-state index contributed by atoms with van der Waals surface area (Å²) in [5.74, 6) is 0. The van der Waals surface area contributed by atoms with E-state index in [4.69, 9.17) is 5.73 Å². The number of hydrogen-bond donors (Lipinski definition) is 1. The minimum atomic E-state index is 0. The van der Waals surface area contributed by atoms with Crippen molar-refractivity contribution in [2.45, 2.75) is 6.54 Å². The van der Waals surface area contributed by atoms with Crippen LogP contribution in [0.1, 0.15) is 5.56 Å². The first kappa shape index (κ1) is 9.90. The minimum absolute atomic E-state index is 0. The van der Waals surface area contributed by atoms with Crippen LogP contribution in [0.15, 0.2) is 24.3 Å². The first-order chi connectivity index (χ1) is 4.34. The zero-order chi connectivity index (χ0) is 6.69. The van der Waals surface area contributed by atoms with Gasteiger partial charge < -0.3 is 5.73 Å². The highest BCUT2D eigenvalue weighted by atomic mass is 35.5. The van der Waals surface area contributed by atoms with Crippen LogP contribution >= 0.6 is 21.6 Å². The molecule has 1 rings (SSSR count). The van der Waals surface area contributed by atoms with Crippen LogP contribution in [0.2, 0.25) is 0 Å².